The first-order chi connectivity index (χ1) is 10.0. The fourth-order valence-corrected chi connectivity index (χ4v) is 2.27. The lowest BCUT2D eigenvalue weighted by molar-refractivity contribution is 0.208. The third kappa shape index (κ3) is 4.65. The zero-order valence-corrected chi connectivity index (χ0v) is 12.2. The van der Waals surface area contributed by atoms with Gasteiger partial charge in [-0.15, -0.1) is 0 Å². The molecule has 0 atom stereocenters. The predicted octanol–water partition coefficient (Wildman–Crippen LogP) is 0.933. The van der Waals surface area contributed by atoms with Gasteiger partial charge in [0.1, 0.15) is 0 Å². The fraction of sp³-hybridized carbons (Fsp3) is 0.312. The monoisotopic (exact) mass is 285 g/mol. The van der Waals surface area contributed by atoms with Gasteiger partial charge in [0.2, 0.25) is 0 Å². The van der Waals surface area contributed by atoms with Crippen LogP contribution in [0.25, 0.3) is 0 Å². The highest BCUT2D eigenvalue weighted by atomic mass is 15.2. The van der Waals surface area contributed by atoms with Gasteiger partial charge in [0.25, 0.3) is 0 Å². The van der Waals surface area contributed by atoms with Gasteiger partial charge in [-0.1, -0.05) is 36.9 Å². The lowest BCUT2D eigenvalue weighted by atomic mass is 10.1. The average molecular weight is 285 g/mol. The van der Waals surface area contributed by atoms with Crippen LogP contribution < -0.4 is 17.2 Å². The minimum Gasteiger partial charge on any atom is -0.370 e. The molecule has 6 N–H and O–H groups in total. The number of aliphatic imine (C=N–C) groups is 1. The highest BCUT2D eigenvalue weighted by Crippen LogP contribution is 2.18. The topological polar surface area (TPSA) is 93.7 Å². The molecule has 0 saturated carbocycles. The number of hydrogen-bond donors (Lipinski definition) is 3. The second-order valence-corrected chi connectivity index (χ2v) is 5.31. The normalized spacial score (nSPS) is 15.5. The van der Waals surface area contributed by atoms with Crippen molar-refractivity contribution in [2.24, 2.45) is 22.2 Å². The van der Waals surface area contributed by atoms with E-state index in [9.17, 15) is 0 Å². The summed E-state index contributed by atoms with van der Waals surface area (Å²) >= 11 is 0. The number of benzene rings is 1. The summed E-state index contributed by atoms with van der Waals surface area (Å²) in [4.78, 5) is 6.33. The van der Waals surface area contributed by atoms with Gasteiger partial charge in [0, 0.05) is 30.5 Å². The Labute approximate surface area is 125 Å². The van der Waals surface area contributed by atoms with Crippen molar-refractivity contribution >= 4 is 5.96 Å². The Kier molecular flexibility index (Phi) is 5.00. The first-order valence-electron chi connectivity index (χ1n) is 7.08. The van der Waals surface area contributed by atoms with Crippen LogP contribution in [-0.4, -0.2) is 30.0 Å². The van der Waals surface area contributed by atoms with Crippen molar-refractivity contribution in [3.63, 3.8) is 0 Å². The van der Waals surface area contributed by atoms with Crippen LogP contribution in [0.3, 0.4) is 0 Å². The summed E-state index contributed by atoms with van der Waals surface area (Å²) < 4.78 is 0. The molecule has 2 rings (SSSR count). The molecule has 0 unspecified atom stereocenters. The van der Waals surface area contributed by atoms with Crippen LogP contribution >= 0.6 is 0 Å². The maximum atomic E-state index is 5.78. The molecular weight excluding hydrogens is 262 g/mol. The van der Waals surface area contributed by atoms with E-state index in [4.69, 9.17) is 17.2 Å². The quantitative estimate of drug-likeness (QED) is 0.412. The number of nitrogens with zero attached hydrogens (tertiary/aromatic N) is 2. The fourth-order valence-electron chi connectivity index (χ4n) is 2.27. The number of likely N-dealkylation sites (tertiary alicyclic amines) is 1. The molecule has 5 nitrogen and oxygen atoms in total. The standard InChI is InChI=1S/C16H23N5/c1-12(21-10-14(17)11-21)9-15(20-16(18)19)8-7-13-5-3-2-4-6-13/h2-6,9,14H,1,7-8,10-11,17H2,(H4,18,19,20)/b15-9-. The van der Waals surface area contributed by atoms with Crippen LogP contribution in [0.1, 0.15) is 12.0 Å². The van der Waals surface area contributed by atoms with Gasteiger partial charge in [-0.25, -0.2) is 4.99 Å². The molecule has 21 heavy (non-hydrogen) atoms. The van der Waals surface area contributed by atoms with E-state index in [-0.39, 0.29) is 12.0 Å². The van der Waals surface area contributed by atoms with Crippen molar-refractivity contribution < 1.29 is 0 Å². The van der Waals surface area contributed by atoms with E-state index in [0.717, 1.165) is 37.3 Å². The molecule has 0 bridgehead atoms. The minimum atomic E-state index is 0.0717. The third-order valence-corrected chi connectivity index (χ3v) is 3.43. The predicted molar refractivity (Wildman–Crippen MR) is 87.3 cm³/mol. The van der Waals surface area contributed by atoms with Gasteiger partial charge in [0.05, 0.1) is 0 Å². The summed E-state index contributed by atoms with van der Waals surface area (Å²) in [5, 5.41) is 0. The number of allylic oxidation sites excluding steroid dienone is 2. The molecule has 112 valence electrons. The van der Waals surface area contributed by atoms with Gasteiger partial charge < -0.3 is 22.1 Å². The van der Waals surface area contributed by atoms with E-state index in [1.165, 1.54) is 5.56 Å². The van der Waals surface area contributed by atoms with E-state index in [1.807, 2.05) is 24.3 Å². The number of aryl methyl sites for hydroxylation is 1. The highest BCUT2D eigenvalue weighted by Gasteiger charge is 2.23. The van der Waals surface area contributed by atoms with Crippen molar-refractivity contribution in [1.29, 1.82) is 0 Å². The molecule has 5 heteroatoms. The number of hydrogen-bond acceptors (Lipinski definition) is 3. The van der Waals surface area contributed by atoms with E-state index >= 15 is 0 Å². The van der Waals surface area contributed by atoms with Crippen molar-refractivity contribution in [2.45, 2.75) is 18.9 Å². The smallest absolute Gasteiger partial charge is 0.190 e. The third-order valence-electron chi connectivity index (χ3n) is 3.43. The summed E-state index contributed by atoms with van der Waals surface area (Å²) in [5.74, 6) is 0.0717. The Bertz CT molecular complexity index is 537. The molecule has 0 aliphatic carbocycles. The average Bonchev–Trinajstić information content (AvgIpc) is 2.42. The summed E-state index contributed by atoms with van der Waals surface area (Å²) in [5.41, 5.74) is 19.8. The van der Waals surface area contributed by atoms with Gasteiger partial charge in [-0.3, -0.25) is 0 Å². The first-order valence-corrected chi connectivity index (χ1v) is 7.08. The van der Waals surface area contributed by atoms with E-state index in [2.05, 4.69) is 28.6 Å². The molecule has 1 aromatic rings. The van der Waals surface area contributed by atoms with Crippen LogP contribution in [0.5, 0.6) is 0 Å². The lowest BCUT2D eigenvalue weighted by Gasteiger charge is -2.39. The molecule has 1 heterocycles. The maximum Gasteiger partial charge on any atom is 0.190 e. The Morgan fingerprint density at radius 2 is 1.95 bits per heavy atom. The zero-order chi connectivity index (χ0) is 15.2. The Hall–Kier alpha value is -2.27. The second kappa shape index (κ2) is 6.95. The maximum absolute atomic E-state index is 5.78. The van der Waals surface area contributed by atoms with Crippen LogP contribution in [0, 0.1) is 0 Å². The van der Waals surface area contributed by atoms with E-state index in [1.54, 1.807) is 0 Å². The Morgan fingerprint density at radius 1 is 1.29 bits per heavy atom. The van der Waals surface area contributed by atoms with E-state index in [0.29, 0.717) is 0 Å². The van der Waals surface area contributed by atoms with Crippen molar-refractivity contribution in [2.75, 3.05) is 13.1 Å². The molecule has 1 fully saturated rings. The van der Waals surface area contributed by atoms with Crippen LogP contribution in [0.15, 0.2) is 59.4 Å². The van der Waals surface area contributed by atoms with Crippen LogP contribution in [-0.2, 0) is 6.42 Å². The Balaban J connectivity index is 2.00. The summed E-state index contributed by atoms with van der Waals surface area (Å²) in [6.07, 6.45) is 3.59. The number of guanidine groups is 1. The second-order valence-electron chi connectivity index (χ2n) is 5.31. The van der Waals surface area contributed by atoms with Crippen molar-refractivity contribution in [1.82, 2.24) is 4.90 Å². The number of nitrogens with two attached hydrogens (primary N) is 3. The Morgan fingerprint density at radius 3 is 2.52 bits per heavy atom. The highest BCUT2D eigenvalue weighted by molar-refractivity contribution is 5.76. The van der Waals surface area contributed by atoms with Crippen LogP contribution in [0.4, 0.5) is 0 Å². The molecule has 1 saturated heterocycles. The summed E-state index contributed by atoms with van der Waals surface area (Å²) in [6, 6.07) is 10.5. The SMILES string of the molecule is C=C(/C=C(/CCc1ccccc1)N=C(N)N)N1CC(N)C1. The van der Waals surface area contributed by atoms with Gasteiger partial charge in [-0.2, -0.15) is 0 Å². The zero-order valence-electron chi connectivity index (χ0n) is 12.2. The van der Waals surface area contributed by atoms with Gasteiger partial charge in [-0.05, 0) is 24.5 Å². The molecule has 0 aromatic heterocycles. The van der Waals surface area contributed by atoms with Crippen molar-refractivity contribution in [3.05, 3.63) is 59.9 Å². The van der Waals surface area contributed by atoms with Crippen LogP contribution in [0.2, 0.25) is 0 Å². The molecular formula is C16H23N5. The molecule has 0 amide bonds. The van der Waals surface area contributed by atoms with Crippen molar-refractivity contribution in [3.8, 4) is 0 Å². The number of rotatable bonds is 6. The lowest BCUT2D eigenvalue weighted by Crippen LogP contribution is -2.54. The van der Waals surface area contributed by atoms with Gasteiger partial charge in [0.15, 0.2) is 5.96 Å². The molecule has 1 aliphatic rings. The van der Waals surface area contributed by atoms with Gasteiger partial charge >= 0.3 is 0 Å². The first kappa shape index (κ1) is 15.1. The molecule has 0 radical (unpaired) electrons. The largest absolute Gasteiger partial charge is 0.370 e. The summed E-state index contributed by atoms with van der Waals surface area (Å²) in [6.45, 7) is 5.73. The molecule has 1 aromatic carbocycles. The van der Waals surface area contributed by atoms with E-state index < -0.39 is 0 Å². The molecule has 1 aliphatic heterocycles. The molecule has 0 spiro atoms. The minimum absolute atomic E-state index is 0.0717. The summed E-state index contributed by atoms with van der Waals surface area (Å²) in [7, 11) is 0.